The van der Waals surface area contributed by atoms with Gasteiger partial charge >= 0.3 is 6.03 Å². The lowest BCUT2D eigenvalue weighted by Gasteiger charge is -2.35. The highest BCUT2D eigenvalue weighted by atomic mass is 35.5. The maximum Gasteiger partial charge on any atom is 0.330 e. The van der Waals surface area contributed by atoms with Gasteiger partial charge in [0, 0.05) is 84.1 Å². The number of hydrogen-bond acceptors (Lipinski definition) is 8. The summed E-state index contributed by atoms with van der Waals surface area (Å²) in [5, 5.41) is 10.8. The van der Waals surface area contributed by atoms with Gasteiger partial charge in [0.15, 0.2) is 0 Å². The Morgan fingerprint density at radius 2 is 1.66 bits per heavy atom. The Hall–Kier alpha value is -6.80. The molecule has 4 N–H and O–H groups in total. The number of amides is 5. The third kappa shape index (κ3) is 8.30. The van der Waals surface area contributed by atoms with Gasteiger partial charge in [-0.05, 0) is 79.4 Å². The number of nitrogens with one attached hydrogen (secondary N) is 4. The fourth-order valence-corrected chi connectivity index (χ4v) is 7.78. The monoisotopic (exact) mass is 810 g/mol. The van der Waals surface area contributed by atoms with Gasteiger partial charge in [0.25, 0.3) is 5.91 Å². The van der Waals surface area contributed by atoms with Gasteiger partial charge in [-0.25, -0.2) is 9.78 Å². The number of urea groups is 1. The number of fused-ring (bicyclic) bond motifs is 2. The van der Waals surface area contributed by atoms with Gasteiger partial charge in [0.2, 0.25) is 17.8 Å². The van der Waals surface area contributed by atoms with Crippen molar-refractivity contribution >= 4 is 69.4 Å². The summed E-state index contributed by atoms with van der Waals surface area (Å²) >= 11 is 6.06. The molecule has 59 heavy (non-hydrogen) atoms. The first kappa shape index (κ1) is 39.0. The summed E-state index contributed by atoms with van der Waals surface area (Å²) in [6.45, 7) is 4.65. The number of carbonyl (C=O) groups is 4. The van der Waals surface area contributed by atoms with E-state index in [-0.39, 0.29) is 49.9 Å². The third-order valence-electron chi connectivity index (χ3n) is 10.9. The number of likely N-dealkylation sites (tertiary alicyclic amines) is 1. The Balaban J connectivity index is 0.987. The lowest BCUT2D eigenvalue weighted by atomic mass is 9.94. The zero-order valence-electron chi connectivity index (χ0n) is 32.8. The minimum absolute atomic E-state index is 0.0418. The summed E-state index contributed by atoms with van der Waals surface area (Å²) in [4.78, 5) is 77.1. The summed E-state index contributed by atoms with van der Waals surface area (Å²) in [6.07, 6.45) is 5.90. The van der Waals surface area contributed by atoms with Crippen molar-refractivity contribution in [3.63, 3.8) is 0 Å². The van der Waals surface area contributed by atoms with E-state index in [4.69, 9.17) is 11.6 Å². The van der Waals surface area contributed by atoms with E-state index in [2.05, 4.69) is 35.9 Å². The summed E-state index contributed by atoms with van der Waals surface area (Å²) in [6, 6.07) is 23.8. The highest BCUT2D eigenvalue weighted by Crippen LogP contribution is 2.34. The lowest BCUT2D eigenvalue weighted by molar-refractivity contribution is -0.133. The standard InChI is InChI=1S/C44H43ClN10O4/c1-26-8-12-29(18-38(26)55-23-31-21-50-43(52-39(31)53(3)44(55)59)51-33-15-9-27(2)47-22-33)42(58)54-24-35(36(25-54)41(57)49-19-28-10-13-32(45)14-11-28)40(56)46-17-16-30-20-48-37-7-5-4-6-34(30)37/h4-15,18,20-22,35-36,48H,16-17,19,23-25H2,1-3H3,(H,46,56)(H,49,57)(H,50,51,52)/t35-,36-/m1/s1. The van der Waals surface area contributed by atoms with E-state index in [0.29, 0.717) is 41.0 Å². The molecule has 6 aromatic rings. The number of pyridine rings is 1. The summed E-state index contributed by atoms with van der Waals surface area (Å²) in [5.41, 5.74) is 6.93. The molecule has 0 bridgehead atoms. The molecule has 1 fully saturated rings. The largest absolute Gasteiger partial charge is 0.361 e. The molecule has 2 atom stereocenters. The summed E-state index contributed by atoms with van der Waals surface area (Å²) in [5.74, 6) is -1.75. The van der Waals surface area contributed by atoms with E-state index in [1.165, 1.54) is 4.90 Å². The number of rotatable bonds is 11. The van der Waals surface area contributed by atoms with Crippen LogP contribution in [0.1, 0.15) is 38.3 Å². The third-order valence-corrected chi connectivity index (χ3v) is 11.2. The lowest BCUT2D eigenvalue weighted by Crippen LogP contribution is -2.46. The minimum Gasteiger partial charge on any atom is -0.361 e. The first-order valence-electron chi connectivity index (χ1n) is 19.4. The normalized spacial score (nSPS) is 16.3. The van der Waals surface area contributed by atoms with Crippen molar-refractivity contribution in [1.29, 1.82) is 0 Å². The van der Waals surface area contributed by atoms with Crippen LogP contribution in [0.25, 0.3) is 10.9 Å². The molecule has 5 heterocycles. The van der Waals surface area contributed by atoms with Gasteiger partial charge in [0.05, 0.1) is 30.3 Å². The molecule has 0 unspecified atom stereocenters. The number of aromatic nitrogens is 4. The predicted molar refractivity (Wildman–Crippen MR) is 227 cm³/mol. The van der Waals surface area contributed by atoms with Crippen molar-refractivity contribution in [2.24, 2.45) is 11.8 Å². The van der Waals surface area contributed by atoms with Gasteiger partial charge in [-0.1, -0.05) is 48.0 Å². The number of hydrogen-bond donors (Lipinski definition) is 4. The summed E-state index contributed by atoms with van der Waals surface area (Å²) in [7, 11) is 1.65. The summed E-state index contributed by atoms with van der Waals surface area (Å²) < 4.78 is 0. The van der Waals surface area contributed by atoms with Crippen molar-refractivity contribution < 1.29 is 19.2 Å². The predicted octanol–water partition coefficient (Wildman–Crippen LogP) is 6.31. The number of benzene rings is 3. The molecule has 0 radical (unpaired) electrons. The van der Waals surface area contributed by atoms with E-state index in [1.54, 1.807) is 59.6 Å². The maximum atomic E-state index is 14.3. The fraction of sp³-hybridized carbons (Fsp3) is 0.250. The molecule has 2 aliphatic rings. The number of nitrogens with zero attached hydrogens (tertiary/aromatic N) is 6. The van der Waals surface area contributed by atoms with Gasteiger partial charge in [-0.2, -0.15) is 4.98 Å². The molecule has 3 aromatic carbocycles. The Kier molecular flexibility index (Phi) is 11.0. The van der Waals surface area contributed by atoms with Crippen molar-refractivity contribution in [3.05, 3.63) is 136 Å². The Morgan fingerprint density at radius 1 is 0.898 bits per heavy atom. The van der Waals surface area contributed by atoms with Crippen LogP contribution in [0.5, 0.6) is 0 Å². The number of H-pyrrole nitrogens is 1. The Labute approximate surface area is 346 Å². The van der Waals surface area contributed by atoms with Gasteiger partial charge < -0.3 is 25.8 Å². The van der Waals surface area contributed by atoms with Gasteiger partial charge in [-0.3, -0.25) is 29.2 Å². The van der Waals surface area contributed by atoms with Crippen molar-refractivity contribution in [2.75, 3.05) is 41.8 Å². The number of para-hydroxylation sites is 1. The molecule has 5 amide bonds. The first-order valence-corrected chi connectivity index (χ1v) is 19.8. The highest BCUT2D eigenvalue weighted by molar-refractivity contribution is 6.30. The number of aryl methyl sites for hydroxylation is 2. The van der Waals surface area contributed by atoms with E-state index >= 15 is 0 Å². The SMILES string of the molecule is Cc1ccc(Nc2ncc3c(n2)N(C)C(=O)N(c2cc(C(=O)N4C[C@@H](C(=O)NCCc5c[nH]c6ccccc56)[C@H](C(=O)NCc5ccc(Cl)cc5)C4)ccc2C)C3)cn1. The number of halogens is 1. The molecule has 2 aliphatic heterocycles. The van der Waals surface area contributed by atoms with Crippen molar-refractivity contribution in [2.45, 2.75) is 33.4 Å². The van der Waals surface area contributed by atoms with Gasteiger partial charge in [0.1, 0.15) is 5.82 Å². The van der Waals surface area contributed by atoms with Crippen LogP contribution in [0.4, 0.5) is 27.9 Å². The zero-order chi connectivity index (χ0) is 41.2. The Bertz CT molecular complexity index is 2560. The number of carbonyl (C=O) groups excluding carboxylic acids is 4. The molecule has 0 aliphatic carbocycles. The maximum absolute atomic E-state index is 14.3. The van der Waals surface area contributed by atoms with Crippen LogP contribution in [0.3, 0.4) is 0 Å². The molecular weight excluding hydrogens is 768 g/mol. The molecule has 15 heteroatoms. The highest BCUT2D eigenvalue weighted by Gasteiger charge is 2.44. The second-order valence-corrected chi connectivity index (χ2v) is 15.4. The van der Waals surface area contributed by atoms with Gasteiger partial charge in [-0.15, -0.1) is 0 Å². The number of anilines is 4. The van der Waals surface area contributed by atoms with E-state index < -0.39 is 11.8 Å². The average Bonchev–Trinajstić information content (AvgIpc) is 3.88. The molecule has 0 saturated carbocycles. The van der Waals surface area contributed by atoms with Crippen molar-refractivity contribution in [1.82, 2.24) is 35.5 Å². The van der Waals surface area contributed by atoms with Crippen LogP contribution in [0.2, 0.25) is 5.02 Å². The zero-order valence-corrected chi connectivity index (χ0v) is 33.6. The average molecular weight is 811 g/mol. The molecule has 300 valence electrons. The molecule has 3 aromatic heterocycles. The van der Waals surface area contributed by atoms with E-state index in [9.17, 15) is 19.2 Å². The van der Waals surface area contributed by atoms with Crippen LogP contribution in [0, 0.1) is 25.7 Å². The number of aromatic amines is 1. The van der Waals surface area contributed by atoms with E-state index in [0.717, 1.165) is 44.5 Å². The van der Waals surface area contributed by atoms with Crippen LogP contribution in [-0.4, -0.2) is 75.3 Å². The van der Waals surface area contributed by atoms with Crippen LogP contribution < -0.4 is 25.8 Å². The molecule has 1 saturated heterocycles. The topological polar surface area (TPSA) is 169 Å². The fourth-order valence-electron chi connectivity index (χ4n) is 7.66. The van der Waals surface area contributed by atoms with E-state index in [1.807, 2.05) is 68.6 Å². The smallest absolute Gasteiger partial charge is 0.330 e. The molecule has 0 spiro atoms. The second-order valence-electron chi connectivity index (χ2n) is 15.0. The molecule has 8 rings (SSSR count). The van der Waals surface area contributed by atoms with Crippen LogP contribution >= 0.6 is 11.6 Å². The van der Waals surface area contributed by atoms with Crippen molar-refractivity contribution in [3.8, 4) is 0 Å². The molecule has 14 nitrogen and oxygen atoms in total. The Morgan fingerprint density at radius 3 is 2.42 bits per heavy atom. The molecular formula is C44H43ClN10O4. The minimum atomic E-state index is -0.792. The van der Waals surface area contributed by atoms with Crippen LogP contribution in [0.15, 0.2) is 97.5 Å². The van der Waals surface area contributed by atoms with Crippen LogP contribution in [-0.2, 0) is 29.1 Å². The quantitative estimate of drug-likeness (QED) is 0.118. The second kappa shape index (κ2) is 16.6. The first-order chi connectivity index (χ1) is 28.5.